The molecule has 0 saturated carbocycles. The highest BCUT2D eigenvalue weighted by atomic mass is 79.9. The first kappa shape index (κ1) is 59.0. The van der Waals surface area contributed by atoms with Crippen LogP contribution in [-0.2, 0) is 11.3 Å². The molecule has 358 valence electrons. The molecule has 0 radical (unpaired) electrons. The Balaban J connectivity index is 0.000000454. The van der Waals surface area contributed by atoms with Gasteiger partial charge in [0.2, 0.25) is 0 Å². The molecule has 0 aliphatic carbocycles. The number of ether oxygens (including phenoxy) is 7. The summed E-state index contributed by atoms with van der Waals surface area (Å²) in [6, 6.07) is 12.1. The molecule has 0 bridgehead atoms. The summed E-state index contributed by atoms with van der Waals surface area (Å²) < 4.78 is 39.9. The topological polar surface area (TPSA) is 197 Å². The van der Waals surface area contributed by atoms with Gasteiger partial charge in [-0.1, -0.05) is 88.6 Å². The fraction of sp³-hybridized carbons (Fsp3) is 0.163. The number of carboxylic acids is 1. The molecule has 0 saturated heterocycles. The average molecular weight is 1180 g/mol. The molecule has 0 atom stereocenters. The number of aromatic hydroxyl groups is 2. The van der Waals surface area contributed by atoms with Gasteiger partial charge in [0.1, 0.15) is 116 Å². The Kier molecular flexibility index (Phi) is 29.4. The molecule has 4 rings (SSSR count). The Hall–Kier alpha value is -6.05. The largest absolute Gasteiger partial charge is 0.507 e. The van der Waals surface area contributed by atoms with Gasteiger partial charge in [-0.15, -0.1) is 0 Å². The van der Waals surface area contributed by atoms with Gasteiger partial charge in [0, 0.05) is 5.56 Å². The van der Waals surface area contributed by atoms with E-state index in [1.165, 1.54) is 6.08 Å². The van der Waals surface area contributed by atoms with Gasteiger partial charge in [-0.05, 0) is 118 Å². The number of aliphatic hydroxyl groups excluding tert-OH is 1. The normalized spacial score (nSPS) is 9.63. The predicted molar refractivity (Wildman–Crippen MR) is 273 cm³/mol. The highest BCUT2D eigenvalue weighted by molar-refractivity contribution is 9.11. The van der Waals surface area contributed by atoms with Crippen LogP contribution in [-0.4, -0.2) is 84.9 Å². The fourth-order valence-electron chi connectivity index (χ4n) is 4.53. The number of phenols is 2. The van der Waals surface area contributed by atoms with Crippen molar-refractivity contribution in [2.45, 2.75) is 6.61 Å². The summed E-state index contributed by atoms with van der Waals surface area (Å²) in [5, 5.41) is 35.8. The number of carbonyl (C=O) groups excluding carboxylic acids is 2. The molecule has 0 fully saturated rings. The summed E-state index contributed by atoms with van der Waals surface area (Å²) in [6.07, 6.45) is 12.0. The molecule has 0 amide bonds. The summed E-state index contributed by atoms with van der Waals surface area (Å²) in [4.78, 5) is 33.1. The second-order valence-corrected chi connectivity index (χ2v) is 15.6. The monoisotopic (exact) mass is 1180 g/mol. The molecule has 4 N–H and O–H groups in total. The van der Waals surface area contributed by atoms with Crippen molar-refractivity contribution in [2.24, 2.45) is 0 Å². The third-order valence-corrected chi connectivity index (χ3v) is 10.6. The lowest BCUT2D eigenvalue weighted by Gasteiger charge is -2.13. The maximum atomic E-state index is 11.9. The van der Waals surface area contributed by atoms with E-state index in [0.29, 0.717) is 94.2 Å². The van der Waals surface area contributed by atoms with Gasteiger partial charge in [0.15, 0.2) is 0 Å². The summed E-state index contributed by atoms with van der Waals surface area (Å²) in [5.74, 6) is 1.01. The third-order valence-electron chi connectivity index (χ3n) is 7.41. The maximum Gasteiger partial charge on any atom is 0.338 e. The Morgan fingerprint density at radius 1 is 0.478 bits per heavy atom. The molecule has 4 aromatic carbocycles. The van der Waals surface area contributed by atoms with Gasteiger partial charge < -0.3 is 53.6 Å². The van der Waals surface area contributed by atoms with Crippen molar-refractivity contribution in [2.75, 3.05) is 46.2 Å². The summed E-state index contributed by atoms with van der Waals surface area (Å²) in [5.41, 5.74) is 1.39. The van der Waals surface area contributed by atoms with E-state index >= 15 is 0 Å². The molecular formula is C49H50Br4O14. The number of halogens is 4. The van der Waals surface area contributed by atoms with Gasteiger partial charge in [-0.2, -0.15) is 0 Å². The van der Waals surface area contributed by atoms with Crippen molar-refractivity contribution in [3.63, 3.8) is 0 Å². The SMILES string of the molecule is C=CCOC(=O)c1cc(OCC=C)c(Br)c(OCC=C)c1.C=CCOc1cc(C=O)cc(OCC=C)c1Br.C=CCOc1cc(CO)cc(OCC=C)c1Br.O=C(O)c1cc(O)c(Br)c(O)c1. The van der Waals surface area contributed by atoms with Crippen molar-refractivity contribution >= 4 is 81.9 Å². The highest BCUT2D eigenvalue weighted by Gasteiger charge is 2.17. The van der Waals surface area contributed by atoms with E-state index in [9.17, 15) is 14.4 Å². The lowest BCUT2D eigenvalue weighted by Crippen LogP contribution is -2.07. The number of aldehydes is 1. The summed E-state index contributed by atoms with van der Waals surface area (Å²) in [7, 11) is 0. The molecule has 0 unspecified atom stereocenters. The predicted octanol–water partition coefficient (Wildman–Crippen LogP) is 11.9. The maximum absolute atomic E-state index is 11.9. The first-order valence-electron chi connectivity index (χ1n) is 19.3. The van der Waals surface area contributed by atoms with Crippen LogP contribution in [0.2, 0.25) is 0 Å². The number of aliphatic hydroxyl groups is 1. The molecule has 0 aliphatic heterocycles. The van der Waals surface area contributed by atoms with Crippen molar-refractivity contribution < 1.29 is 68.0 Å². The second-order valence-electron chi connectivity index (χ2n) is 12.4. The zero-order valence-electron chi connectivity index (χ0n) is 36.2. The number of hydrogen-bond donors (Lipinski definition) is 4. The fourth-order valence-corrected chi connectivity index (χ4v) is 6.13. The number of carbonyl (C=O) groups is 3. The number of benzene rings is 4. The summed E-state index contributed by atoms with van der Waals surface area (Å²) in [6.45, 7) is 27.2. The van der Waals surface area contributed by atoms with Gasteiger partial charge in [0.05, 0.1) is 17.7 Å². The minimum absolute atomic E-state index is 0.0673. The highest BCUT2D eigenvalue weighted by Crippen LogP contribution is 2.39. The number of aromatic carboxylic acids is 1. The van der Waals surface area contributed by atoms with E-state index in [2.05, 4.69) is 110 Å². The molecule has 0 heterocycles. The molecule has 4 aromatic rings. The summed E-state index contributed by atoms with van der Waals surface area (Å²) >= 11 is 13.0. The van der Waals surface area contributed by atoms with Crippen LogP contribution in [0.5, 0.6) is 46.0 Å². The molecule has 0 aromatic heterocycles. The van der Waals surface area contributed by atoms with Gasteiger partial charge in [0.25, 0.3) is 0 Å². The first-order chi connectivity index (χ1) is 32.1. The van der Waals surface area contributed by atoms with Gasteiger partial charge in [-0.25, -0.2) is 9.59 Å². The molecule has 0 spiro atoms. The van der Waals surface area contributed by atoms with Crippen molar-refractivity contribution in [3.8, 4) is 46.0 Å². The zero-order chi connectivity index (χ0) is 50.3. The third kappa shape index (κ3) is 21.0. The minimum Gasteiger partial charge on any atom is -0.507 e. The van der Waals surface area contributed by atoms with Crippen LogP contribution in [0.3, 0.4) is 0 Å². The first-order valence-corrected chi connectivity index (χ1v) is 22.5. The van der Waals surface area contributed by atoms with E-state index in [4.69, 9.17) is 53.6 Å². The molecule has 0 aliphatic rings. The molecular weight excluding hydrogens is 1130 g/mol. The van der Waals surface area contributed by atoms with E-state index in [0.717, 1.165) is 28.5 Å². The number of hydrogen-bond acceptors (Lipinski definition) is 13. The van der Waals surface area contributed by atoms with Crippen LogP contribution in [0.25, 0.3) is 0 Å². The van der Waals surface area contributed by atoms with Crippen molar-refractivity contribution in [1.82, 2.24) is 0 Å². The van der Waals surface area contributed by atoms with Gasteiger partial charge >= 0.3 is 11.9 Å². The number of carboxylic acid groups (broad SMARTS) is 1. The second kappa shape index (κ2) is 33.4. The lowest BCUT2D eigenvalue weighted by molar-refractivity contribution is 0.0548. The van der Waals surface area contributed by atoms with E-state index in [1.54, 1.807) is 72.9 Å². The Morgan fingerprint density at radius 3 is 1.07 bits per heavy atom. The Bertz CT molecular complexity index is 2220. The number of rotatable bonds is 24. The van der Waals surface area contributed by atoms with Gasteiger partial charge in [-0.3, -0.25) is 4.79 Å². The lowest BCUT2D eigenvalue weighted by atomic mass is 10.2. The van der Waals surface area contributed by atoms with Crippen molar-refractivity contribution in [3.05, 3.63) is 177 Å². The van der Waals surface area contributed by atoms with Crippen LogP contribution in [0.1, 0.15) is 36.6 Å². The quantitative estimate of drug-likeness (QED) is 0.0294. The van der Waals surface area contributed by atoms with Crippen LogP contribution >= 0.6 is 63.7 Å². The molecule has 67 heavy (non-hydrogen) atoms. The van der Waals surface area contributed by atoms with Crippen LogP contribution < -0.4 is 28.4 Å². The number of esters is 1. The average Bonchev–Trinajstić information content (AvgIpc) is 3.33. The van der Waals surface area contributed by atoms with Crippen molar-refractivity contribution in [1.29, 1.82) is 0 Å². The molecule has 18 heteroatoms. The minimum atomic E-state index is -1.20. The van der Waals surface area contributed by atoms with E-state index in [-0.39, 0.29) is 34.7 Å². The van der Waals surface area contributed by atoms with E-state index < -0.39 is 11.9 Å². The Morgan fingerprint density at radius 2 is 0.791 bits per heavy atom. The van der Waals surface area contributed by atoms with Crippen LogP contribution in [0.4, 0.5) is 0 Å². The Labute approximate surface area is 423 Å². The smallest absolute Gasteiger partial charge is 0.338 e. The van der Waals surface area contributed by atoms with E-state index in [1.807, 2.05) is 0 Å². The molecule has 14 nitrogen and oxygen atoms in total. The van der Waals surface area contributed by atoms with Crippen LogP contribution in [0.15, 0.2) is 155 Å². The zero-order valence-corrected chi connectivity index (χ0v) is 42.6. The number of phenolic OH excluding ortho intramolecular Hbond substituents is 2. The van der Waals surface area contributed by atoms with Crippen LogP contribution in [0, 0.1) is 0 Å². The standard InChI is InChI=1S/C16H17BrO4.C13H15BrO3.C13H13BrO3.C7H5BrO4/c1-4-7-19-13-10-12(16(18)21-9-6-3)11-14(15(13)17)20-8-5-2;2*1-3-5-16-11-7-10(9-15)8-12(13(11)14)17-6-4-2;8-6-4(9)1-3(7(11)12)2-5(6)10/h4-6,10-11H,1-3,7-9H2;3-4,7-8,15H,1-2,5-6,9H2;3-4,7-9H,1-2,5-6H2;1-2,9-10H,(H,11,12).